The summed E-state index contributed by atoms with van der Waals surface area (Å²) >= 11 is 0. The number of methoxy groups -OCH3 is 1. The Morgan fingerprint density at radius 3 is 2.38 bits per heavy atom. The molecule has 0 unspecified atom stereocenters. The van der Waals surface area contributed by atoms with Crippen molar-refractivity contribution >= 4 is 12.0 Å². The third kappa shape index (κ3) is 3.29. The van der Waals surface area contributed by atoms with Crippen molar-refractivity contribution < 1.29 is 31.9 Å². The molecule has 1 aliphatic rings. The van der Waals surface area contributed by atoms with Crippen LogP contribution in [0.4, 0.5) is 22.4 Å². The largest absolute Gasteiger partial charge is 0.469 e. The fraction of sp³-hybridized carbons (Fsp3) is 0.467. The van der Waals surface area contributed by atoms with Gasteiger partial charge in [0.25, 0.3) is 0 Å². The number of rotatable bonds is 3. The van der Waals surface area contributed by atoms with Crippen LogP contribution in [0.15, 0.2) is 6.07 Å². The first-order chi connectivity index (χ1) is 11.2. The molecule has 0 saturated carbocycles. The molecule has 2 amide bonds. The molecule has 0 aromatic heterocycles. The van der Waals surface area contributed by atoms with E-state index in [9.17, 15) is 27.2 Å². The average molecular weight is 348 g/mol. The quantitative estimate of drug-likeness (QED) is 0.518. The van der Waals surface area contributed by atoms with E-state index in [1.165, 1.54) is 12.0 Å². The number of carbonyl (C=O) groups excluding carboxylic acids is 2. The number of hydrogen-bond acceptors (Lipinski definition) is 3. The Hall–Kier alpha value is -2.32. The molecule has 0 spiro atoms. The van der Waals surface area contributed by atoms with E-state index in [0.717, 1.165) is 0 Å². The highest BCUT2D eigenvalue weighted by atomic mass is 19.2. The Morgan fingerprint density at radius 1 is 1.25 bits per heavy atom. The number of hydrogen-bond donors (Lipinski definition) is 1. The summed E-state index contributed by atoms with van der Waals surface area (Å²) in [6.45, 7) is 1.21. The smallest absolute Gasteiger partial charge is 0.317 e. The maximum atomic E-state index is 13.5. The standard InChI is InChI=1S/C15H16F4N2O3/c1-15(13(22)24-2)3-4-21(7-15)14(23)20-6-8-11(18)9(16)5-10(17)12(8)19/h5H,3-4,6-7H2,1-2H3,(H,20,23)/t15-/m0/s1. The van der Waals surface area contributed by atoms with Crippen LogP contribution in [0.3, 0.4) is 0 Å². The Kier molecular flexibility index (Phi) is 5.00. The van der Waals surface area contributed by atoms with Gasteiger partial charge in [-0.2, -0.15) is 0 Å². The van der Waals surface area contributed by atoms with Crippen molar-refractivity contribution in [3.8, 4) is 0 Å². The molecule has 0 bridgehead atoms. The molecule has 1 fully saturated rings. The van der Waals surface area contributed by atoms with Crippen LogP contribution in [-0.4, -0.2) is 37.1 Å². The topological polar surface area (TPSA) is 58.6 Å². The zero-order valence-corrected chi connectivity index (χ0v) is 13.1. The van der Waals surface area contributed by atoms with Crippen LogP contribution in [0.25, 0.3) is 0 Å². The van der Waals surface area contributed by atoms with Crippen LogP contribution in [0.1, 0.15) is 18.9 Å². The number of carbonyl (C=O) groups is 2. The predicted molar refractivity (Wildman–Crippen MR) is 74.8 cm³/mol. The molecular weight excluding hydrogens is 332 g/mol. The van der Waals surface area contributed by atoms with Crippen LogP contribution in [0, 0.1) is 28.7 Å². The fourth-order valence-corrected chi connectivity index (χ4v) is 2.60. The maximum absolute atomic E-state index is 13.5. The second-order valence-electron chi connectivity index (χ2n) is 5.83. The van der Waals surface area contributed by atoms with Gasteiger partial charge in [0, 0.05) is 24.7 Å². The number of likely N-dealkylation sites (tertiary alicyclic amines) is 1. The summed E-state index contributed by atoms with van der Waals surface area (Å²) < 4.78 is 58.0. The molecule has 9 heteroatoms. The lowest BCUT2D eigenvalue weighted by atomic mass is 9.90. The van der Waals surface area contributed by atoms with Gasteiger partial charge in [-0.15, -0.1) is 0 Å². The Morgan fingerprint density at radius 2 is 1.83 bits per heavy atom. The number of nitrogens with zero attached hydrogens (tertiary/aromatic N) is 1. The number of urea groups is 1. The highest BCUT2D eigenvalue weighted by molar-refractivity contribution is 5.80. The Balaban J connectivity index is 2.04. The third-order valence-electron chi connectivity index (χ3n) is 4.06. The van der Waals surface area contributed by atoms with Crippen molar-refractivity contribution in [1.82, 2.24) is 10.2 Å². The molecule has 1 aromatic carbocycles. The molecule has 1 N–H and O–H groups in total. The SMILES string of the molecule is COC(=O)[C@@]1(C)CCN(C(=O)NCc2c(F)c(F)cc(F)c2F)C1. The molecule has 1 aromatic rings. The molecule has 2 rings (SSSR count). The lowest BCUT2D eigenvalue weighted by molar-refractivity contribution is -0.150. The van der Waals surface area contributed by atoms with Gasteiger partial charge in [-0.3, -0.25) is 4.79 Å². The van der Waals surface area contributed by atoms with Crippen LogP contribution in [0.5, 0.6) is 0 Å². The van der Waals surface area contributed by atoms with Gasteiger partial charge >= 0.3 is 12.0 Å². The van der Waals surface area contributed by atoms with Gasteiger partial charge in [0.15, 0.2) is 23.3 Å². The zero-order chi connectivity index (χ0) is 18.1. The molecule has 1 saturated heterocycles. The molecule has 24 heavy (non-hydrogen) atoms. The number of ether oxygens (including phenoxy) is 1. The van der Waals surface area contributed by atoms with Crippen LogP contribution >= 0.6 is 0 Å². The molecular formula is C15H16F4N2O3. The predicted octanol–water partition coefficient (Wildman–Crippen LogP) is 2.34. The monoisotopic (exact) mass is 348 g/mol. The molecule has 1 heterocycles. The Bertz CT molecular complexity index is 657. The van der Waals surface area contributed by atoms with Crippen molar-refractivity contribution in [2.24, 2.45) is 5.41 Å². The minimum Gasteiger partial charge on any atom is -0.469 e. The fourth-order valence-electron chi connectivity index (χ4n) is 2.60. The first-order valence-electron chi connectivity index (χ1n) is 7.12. The van der Waals surface area contributed by atoms with E-state index in [0.29, 0.717) is 6.42 Å². The summed E-state index contributed by atoms with van der Waals surface area (Å²) in [5.74, 6) is -6.68. The molecule has 0 radical (unpaired) electrons. The second-order valence-corrected chi connectivity index (χ2v) is 5.83. The van der Waals surface area contributed by atoms with Crippen molar-refractivity contribution in [3.63, 3.8) is 0 Å². The van der Waals surface area contributed by atoms with Gasteiger partial charge in [0.2, 0.25) is 0 Å². The normalized spacial score (nSPS) is 20.2. The van der Waals surface area contributed by atoms with Crippen molar-refractivity contribution in [2.75, 3.05) is 20.2 Å². The summed E-state index contributed by atoms with van der Waals surface area (Å²) in [6.07, 6.45) is 0.365. The van der Waals surface area contributed by atoms with E-state index in [4.69, 9.17) is 0 Å². The second kappa shape index (κ2) is 6.66. The van der Waals surface area contributed by atoms with Gasteiger partial charge in [-0.05, 0) is 13.3 Å². The van der Waals surface area contributed by atoms with E-state index in [1.807, 2.05) is 0 Å². The summed E-state index contributed by atoms with van der Waals surface area (Å²) in [5, 5.41) is 2.19. The van der Waals surface area contributed by atoms with Gasteiger partial charge in [-0.1, -0.05) is 0 Å². The summed E-state index contributed by atoms with van der Waals surface area (Å²) in [6, 6.07) is -0.607. The van der Waals surface area contributed by atoms with Gasteiger partial charge < -0.3 is 15.0 Å². The number of benzene rings is 1. The van der Waals surface area contributed by atoms with Gasteiger partial charge in [-0.25, -0.2) is 22.4 Å². The molecule has 1 aliphatic heterocycles. The number of esters is 1. The zero-order valence-electron chi connectivity index (χ0n) is 13.1. The summed E-state index contributed by atoms with van der Waals surface area (Å²) in [4.78, 5) is 25.0. The first kappa shape index (κ1) is 18.0. The van der Waals surface area contributed by atoms with Crippen LogP contribution in [-0.2, 0) is 16.1 Å². The number of amides is 2. The maximum Gasteiger partial charge on any atom is 0.317 e. The van der Waals surface area contributed by atoms with Gasteiger partial charge in [0.05, 0.1) is 19.1 Å². The lowest BCUT2D eigenvalue weighted by Gasteiger charge is -2.22. The average Bonchev–Trinajstić information content (AvgIpc) is 2.95. The van der Waals surface area contributed by atoms with Gasteiger partial charge in [0.1, 0.15) is 0 Å². The van der Waals surface area contributed by atoms with Crippen molar-refractivity contribution in [1.29, 1.82) is 0 Å². The highest BCUT2D eigenvalue weighted by Crippen LogP contribution is 2.31. The van der Waals surface area contributed by atoms with Crippen LogP contribution in [0.2, 0.25) is 0 Å². The van der Waals surface area contributed by atoms with E-state index in [2.05, 4.69) is 10.1 Å². The molecule has 5 nitrogen and oxygen atoms in total. The third-order valence-corrected chi connectivity index (χ3v) is 4.06. The summed E-state index contributed by atoms with van der Waals surface area (Å²) in [5.41, 5.74) is -1.77. The minimum absolute atomic E-state index is 0.0635. The number of halogens is 4. The van der Waals surface area contributed by atoms with E-state index in [1.54, 1.807) is 6.92 Å². The highest BCUT2D eigenvalue weighted by Gasteiger charge is 2.43. The van der Waals surface area contributed by atoms with Crippen LogP contribution < -0.4 is 5.32 Å². The molecule has 1 atom stereocenters. The van der Waals surface area contributed by atoms with Crippen molar-refractivity contribution in [3.05, 3.63) is 34.9 Å². The molecule has 132 valence electrons. The summed E-state index contributed by atoms with van der Waals surface area (Å²) in [7, 11) is 1.24. The van der Waals surface area contributed by atoms with Crippen molar-refractivity contribution in [2.45, 2.75) is 19.9 Å². The van der Waals surface area contributed by atoms with E-state index in [-0.39, 0.29) is 19.2 Å². The van der Waals surface area contributed by atoms with E-state index >= 15 is 0 Å². The molecule has 0 aliphatic carbocycles. The number of nitrogens with one attached hydrogen (secondary N) is 1. The lowest BCUT2D eigenvalue weighted by Crippen LogP contribution is -2.41. The van der Waals surface area contributed by atoms with E-state index < -0.39 is 52.8 Å². The minimum atomic E-state index is -1.56. The Labute approximate surface area is 135 Å². The first-order valence-corrected chi connectivity index (χ1v) is 7.12.